The van der Waals surface area contributed by atoms with E-state index in [0.717, 1.165) is 11.1 Å². The van der Waals surface area contributed by atoms with Crippen LogP contribution in [0.5, 0.6) is 0 Å². The van der Waals surface area contributed by atoms with E-state index in [0.29, 0.717) is 11.6 Å². The van der Waals surface area contributed by atoms with Crippen LogP contribution in [0.15, 0.2) is 54.6 Å². The molecule has 2 aromatic rings. The van der Waals surface area contributed by atoms with Crippen molar-refractivity contribution < 1.29 is 4.74 Å². The maximum atomic E-state index is 9.11. The van der Waals surface area contributed by atoms with E-state index in [4.69, 9.17) is 21.6 Å². The maximum Gasteiger partial charge on any atom is 0.169 e. The monoisotopic (exact) mass is 257 g/mol. The zero-order chi connectivity index (χ0) is 12.8. The van der Waals surface area contributed by atoms with Crippen molar-refractivity contribution in [1.82, 2.24) is 0 Å². The summed E-state index contributed by atoms with van der Waals surface area (Å²) in [6.45, 7) is 0.393. The maximum absolute atomic E-state index is 9.11. The molecule has 0 bridgehead atoms. The minimum absolute atomic E-state index is 0.393. The molecule has 0 saturated carbocycles. The van der Waals surface area contributed by atoms with Gasteiger partial charge in [-0.3, -0.25) is 0 Å². The Bertz CT molecular complexity index is 531. The molecular formula is C15H12ClNO. The molecule has 2 rings (SSSR count). The molecule has 18 heavy (non-hydrogen) atoms. The van der Waals surface area contributed by atoms with Gasteiger partial charge in [-0.15, -0.1) is 0 Å². The van der Waals surface area contributed by atoms with Crippen LogP contribution in [-0.4, -0.2) is 0 Å². The van der Waals surface area contributed by atoms with Crippen molar-refractivity contribution in [3.63, 3.8) is 0 Å². The molecule has 2 aromatic carbocycles. The number of ether oxygens (including phenoxy) is 1. The molecule has 0 aliphatic carbocycles. The molecule has 2 nitrogen and oxygen atoms in total. The molecule has 0 N–H and O–H groups in total. The Balaban J connectivity index is 2.00. The molecule has 3 heteroatoms. The zero-order valence-electron chi connectivity index (χ0n) is 9.71. The first-order valence-corrected chi connectivity index (χ1v) is 5.98. The lowest BCUT2D eigenvalue weighted by Crippen LogP contribution is -2.02. The summed E-state index contributed by atoms with van der Waals surface area (Å²) in [7, 11) is 0. The van der Waals surface area contributed by atoms with Gasteiger partial charge in [-0.2, -0.15) is 5.26 Å². The van der Waals surface area contributed by atoms with Gasteiger partial charge in [-0.05, 0) is 23.3 Å². The molecule has 90 valence electrons. The molecule has 0 amide bonds. The number of halogens is 1. The fourth-order valence-electron chi connectivity index (χ4n) is 1.60. The zero-order valence-corrected chi connectivity index (χ0v) is 10.5. The third kappa shape index (κ3) is 3.33. The summed E-state index contributed by atoms with van der Waals surface area (Å²) in [6.07, 6.45) is -0.540. The van der Waals surface area contributed by atoms with Crippen molar-refractivity contribution in [1.29, 1.82) is 5.26 Å². The van der Waals surface area contributed by atoms with Gasteiger partial charge < -0.3 is 4.74 Å². The molecule has 0 aliphatic rings. The first-order chi connectivity index (χ1) is 8.79. The first-order valence-electron chi connectivity index (χ1n) is 5.60. The Hall–Kier alpha value is -1.82. The fourth-order valence-corrected chi connectivity index (χ4v) is 1.72. The minimum Gasteiger partial charge on any atom is -0.354 e. The van der Waals surface area contributed by atoms with Crippen molar-refractivity contribution in [2.45, 2.75) is 12.7 Å². The molecule has 0 spiro atoms. The number of hydrogen-bond acceptors (Lipinski definition) is 2. The Morgan fingerprint density at radius 2 is 1.72 bits per heavy atom. The highest BCUT2D eigenvalue weighted by Crippen LogP contribution is 2.18. The standard InChI is InChI=1S/C15H12ClNO/c16-14-8-6-12(7-9-14)11-18-15(10-17)13-4-2-1-3-5-13/h1-9,15H,11H2. The van der Waals surface area contributed by atoms with E-state index in [-0.39, 0.29) is 0 Å². The predicted molar refractivity (Wildman–Crippen MR) is 71.0 cm³/mol. The van der Waals surface area contributed by atoms with E-state index in [1.54, 1.807) is 0 Å². The van der Waals surface area contributed by atoms with Crippen LogP contribution < -0.4 is 0 Å². The topological polar surface area (TPSA) is 33.0 Å². The Kier molecular flexibility index (Phi) is 4.35. The van der Waals surface area contributed by atoms with E-state index in [2.05, 4.69) is 6.07 Å². The summed E-state index contributed by atoms with van der Waals surface area (Å²) < 4.78 is 5.60. The molecule has 0 radical (unpaired) electrons. The van der Waals surface area contributed by atoms with Crippen LogP contribution in [0.25, 0.3) is 0 Å². The summed E-state index contributed by atoms with van der Waals surface area (Å²) in [5.41, 5.74) is 1.87. The summed E-state index contributed by atoms with van der Waals surface area (Å²) in [5.74, 6) is 0. The van der Waals surface area contributed by atoms with Crippen LogP contribution in [0.3, 0.4) is 0 Å². The van der Waals surface area contributed by atoms with Crippen molar-refractivity contribution >= 4 is 11.6 Å². The van der Waals surface area contributed by atoms with Crippen LogP contribution in [0.2, 0.25) is 5.02 Å². The van der Waals surface area contributed by atoms with Gasteiger partial charge in [0.2, 0.25) is 0 Å². The smallest absolute Gasteiger partial charge is 0.169 e. The molecule has 0 fully saturated rings. The second-order valence-corrected chi connectivity index (χ2v) is 4.29. The van der Waals surface area contributed by atoms with E-state index in [1.165, 1.54) is 0 Å². The largest absolute Gasteiger partial charge is 0.354 e. The third-order valence-corrected chi connectivity index (χ3v) is 2.80. The van der Waals surface area contributed by atoms with Crippen molar-refractivity contribution in [3.8, 4) is 6.07 Å². The highest BCUT2D eigenvalue weighted by Gasteiger charge is 2.10. The Morgan fingerprint density at radius 3 is 2.33 bits per heavy atom. The third-order valence-electron chi connectivity index (χ3n) is 2.55. The number of nitrogens with zero attached hydrogens (tertiary/aromatic N) is 1. The molecule has 0 saturated heterocycles. The minimum atomic E-state index is -0.540. The SMILES string of the molecule is N#CC(OCc1ccc(Cl)cc1)c1ccccc1. The van der Waals surface area contributed by atoms with Gasteiger partial charge in [0, 0.05) is 5.02 Å². The van der Waals surface area contributed by atoms with Gasteiger partial charge in [-0.25, -0.2) is 0 Å². The number of hydrogen-bond donors (Lipinski definition) is 0. The second-order valence-electron chi connectivity index (χ2n) is 3.86. The number of nitriles is 1. The van der Waals surface area contributed by atoms with E-state index < -0.39 is 6.10 Å². The van der Waals surface area contributed by atoms with E-state index >= 15 is 0 Å². The molecule has 0 heterocycles. The lowest BCUT2D eigenvalue weighted by Gasteiger charge is -2.11. The van der Waals surface area contributed by atoms with Crippen LogP contribution in [0, 0.1) is 11.3 Å². The molecule has 0 aliphatic heterocycles. The molecular weight excluding hydrogens is 246 g/mol. The first kappa shape index (κ1) is 12.6. The number of benzene rings is 2. The van der Waals surface area contributed by atoms with Gasteiger partial charge in [-0.1, -0.05) is 54.1 Å². The van der Waals surface area contributed by atoms with E-state index in [1.807, 2.05) is 54.6 Å². The molecule has 0 aromatic heterocycles. The summed E-state index contributed by atoms with van der Waals surface area (Å²) in [5, 5.41) is 9.80. The predicted octanol–water partition coefficient (Wildman–Crippen LogP) is 4.12. The Labute approximate surface area is 111 Å². The summed E-state index contributed by atoms with van der Waals surface area (Å²) in [4.78, 5) is 0. The average Bonchev–Trinajstić information content (AvgIpc) is 2.43. The van der Waals surface area contributed by atoms with Gasteiger partial charge >= 0.3 is 0 Å². The van der Waals surface area contributed by atoms with Crippen molar-refractivity contribution in [2.75, 3.05) is 0 Å². The second kappa shape index (κ2) is 6.20. The van der Waals surface area contributed by atoms with Gasteiger partial charge in [0.05, 0.1) is 12.7 Å². The highest BCUT2D eigenvalue weighted by atomic mass is 35.5. The quantitative estimate of drug-likeness (QED) is 0.825. The lowest BCUT2D eigenvalue weighted by molar-refractivity contribution is 0.0767. The van der Waals surface area contributed by atoms with E-state index in [9.17, 15) is 0 Å². The molecule has 1 unspecified atom stereocenters. The van der Waals surface area contributed by atoms with Crippen molar-refractivity contribution in [2.24, 2.45) is 0 Å². The summed E-state index contributed by atoms with van der Waals surface area (Å²) in [6, 6.07) is 19.0. The van der Waals surface area contributed by atoms with Gasteiger partial charge in [0.1, 0.15) is 0 Å². The van der Waals surface area contributed by atoms with Crippen LogP contribution >= 0.6 is 11.6 Å². The molecule has 1 atom stereocenters. The van der Waals surface area contributed by atoms with Crippen LogP contribution in [-0.2, 0) is 11.3 Å². The normalized spacial score (nSPS) is 11.8. The summed E-state index contributed by atoms with van der Waals surface area (Å²) >= 11 is 5.80. The van der Waals surface area contributed by atoms with Crippen LogP contribution in [0.4, 0.5) is 0 Å². The van der Waals surface area contributed by atoms with Gasteiger partial charge in [0.15, 0.2) is 6.10 Å². The average molecular weight is 258 g/mol. The lowest BCUT2D eigenvalue weighted by atomic mass is 10.1. The highest BCUT2D eigenvalue weighted by molar-refractivity contribution is 6.30. The van der Waals surface area contributed by atoms with Crippen LogP contribution in [0.1, 0.15) is 17.2 Å². The number of rotatable bonds is 4. The van der Waals surface area contributed by atoms with Crippen molar-refractivity contribution in [3.05, 3.63) is 70.7 Å². The fraction of sp³-hybridized carbons (Fsp3) is 0.133. The van der Waals surface area contributed by atoms with Gasteiger partial charge in [0.25, 0.3) is 0 Å². The Morgan fingerprint density at radius 1 is 1.06 bits per heavy atom.